The van der Waals surface area contributed by atoms with E-state index in [4.69, 9.17) is 0 Å². The van der Waals surface area contributed by atoms with Gasteiger partial charge in [-0.2, -0.15) is 0 Å². The second-order valence-corrected chi connectivity index (χ2v) is 3.10. The van der Waals surface area contributed by atoms with Gasteiger partial charge in [0.1, 0.15) is 5.69 Å². The fourth-order valence-electron chi connectivity index (χ4n) is 0.642. The van der Waals surface area contributed by atoms with Crippen LogP contribution in [0.3, 0.4) is 0 Å². The molecule has 2 nitrogen and oxygen atoms in total. The van der Waals surface area contributed by atoms with Crippen molar-refractivity contribution >= 4 is 28.9 Å². The first-order chi connectivity index (χ1) is 4.74. The number of aromatic nitrogens is 1. The van der Waals surface area contributed by atoms with Crippen LogP contribution in [0.15, 0.2) is 12.1 Å². The molecule has 0 radical (unpaired) electrons. The van der Waals surface area contributed by atoms with Gasteiger partial charge in [0.05, 0.1) is 0 Å². The quantitative estimate of drug-likeness (QED) is 0.559. The number of pyridine rings is 1. The first-order valence-electron chi connectivity index (χ1n) is 2.82. The van der Waals surface area contributed by atoms with E-state index in [9.17, 15) is 4.79 Å². The maximum Gasteiger partial charge on any atom is 0.169 e. The average Bonchev–Trinajstić information content (AvgIpc) is 1.94. The van der Waals surface area contributed by atoms with Gasteiger partial charge in [-0.15, -0.1) is 0 Å². The van der Waals surface area contributed by atoms with Crippen LogP contribution in [0.1, 0.15) is 16.2 Å². The smallest absolute Gasteiger partial charge is 0.169 e. The number of aldehydes is 1. The summed E-state index contributed by atoms with van der Waals surface area (Å²) in [6.45, 7) is 1.86. The Kier molecular flexibility index (Phi) is 2.37. The largest absolute Gasteiger partial charge is 0.296 e. The predicted molar refractivity (Wildman–Crippen MR) is 47.1 cm³/mol. The second kappa shape index (κ2) is 3.09. The Balaban J connectivity index is 3.21. The molecule has 0 atom stereocenters. The fraction of sp³-hybridized carbons (Fsp3) is 0.143. The van der Waals surface area contributed by atoms with Crippen LogP contribution < -0.4 is 0 Å². The van der Waals surface area contributed by atoms with Crippen molar-refractivity contribution in [1.82, 2.24) is 4.98 Å². The third kappa shape index (κ3) is 1.53. The highest BCUT2D eigenvalue weighted by molar-refractivity contribution is 14.1. The number of hydrogen-bond donors (Lipinski definition) is 0. The molecule has 0 aliphatic heterocycles. The molecule has 1 aromatic rings. The molecule has 0 bridgehead atoms. The minimum atomic E-state index is 0.528. The van der Waals surface area contributed by atoms with E-state index in [1.54, 1.807) is 0 Å². The van der Waals surface area contributed by atoms with Crippen molar-refractivity contribution in [2.75, 3.05) is 0 Å². The summed E-state index contributed by atoms with van der Waals surface area (Å²) in [6, 6.07) is 3.77. The molecule has 0 aliphatic rings. The summed E-state index contributed by atoms with van der Waals surface area (Å²) in [5, 5.41) is 0. The van der Waals surface area contributed by atoms with Crippen LogP contribution in [0.2, 0.25) is 0 Å². The molecule has 3 heteroatoms. The Hall–Kier alpha value is -0.450. The Morgan fingerprint density at radius 1 is 1.60 bits per heavy atom. The van der Waals surface area contributed by atoms with Crippen molar-refractivity contribution in [3.63, 3.8) is 0 Å². The SMILES string of the molecule is Cc1ccc(I)c(C=O)n1. The van der Waals surface area contributed by atoms with E-state index in [1.807, 2.05) is 19.1 Å². The molecular weight excluding hydrogens is 241 g/mol. The summed E-state index contributed by atoms with van der Waals surface area (Å²) in [6.07, 6.45) is 0.773. The van der Waals surface area contributed by atoms with Crippen LogP contribution in [-0.4, -0.2) is 11.3 Å². The lowest BCUT2D eigenvalue weighted by Gasteiger charge is -1.95. The van der Waals surface area contributed by atoms with Gasteiger partial charge in [0.2, 0.25) is 0 Å². The third-order valence-corrected chi connectivity index (χ3v) is 2.04. The molecule has 10 heavy (non-hydrogen) atoms. The molecular formula is C7H6INO. The van der Waals surface area contributed by atoms with E-state index in [-0.39, 0.29) is 0 Å². The first kappa shape index (κ1) is 7.65. The number of halogens is 1. The summed E-state index contributed by atoms with van der Waals surface area (Å²) in [7, 11) is 0. The normalized spacial score (nSPS) is 9.40. The van der Waals surface area contributed by atoms with E-state index >= 15 is 0 Å². The van der Waals surface area contributed by atoms with Crippen LogP contribution in [0, 0.1) is 10.5 Å². The van der Waals surface area contributed by atoms with Crippen molar-refractivity contribution in [1.29, 1.82) is 0 Å². The van der Waals surface area contributed by atoms with Gasteiger partial charge >= 0.3 is 0 Å². The van der Waals surface area contributed by atoms with Gasteiger partial charge in [-0.05, 0) is 41.6 Å². The van der Waals surface area contributed by atoms with Crippen LogP contribution >= 0.6 is 22.6 Å². The summed E-state index contributed by atoms with van der Waals surface area (Å²) < 4.78 is 0.901. The maximum absolute atomic E-state index is 10.3. The van der Waals surface area contributed by atoms with Crippen molar-refractivity contribution < 1.29 is 4.79 Å². The van der Waals surface area contributed by atoms with E-state index in [0.717, 1.165) is 15.6 Å². The van der Waals surface area contributed by atoms with Gasteiger partial charge in [0, 0.05) is 9.26 Å². The molecule has 0 fully saturated rings. The van der Waals surface area contributed by atoms with E-state index < -0.39 is 0 Å². The summed E-state index contributed by atoms with van der Waals surface area (Å²) in [5.41, 5.74) is 1.41. The van der Waals surface area contributed by atoms with Gasteiger partial charge in [0.15, 0.2) is 6.29 Å². The summed E-state index contributed by atoms with van der Waals surface area (Å²) >= 11 is 2.08. The first-order valence-corrected chi connectivity index (χ1v) is 3.90. The van der Waals surface area contributed by atoms with Crippen LogP contribution in [0.5, 0.6) is 0 Å². The lowest BCUT2D eigenvalue weighted by atomic mass is 10.3. The lowest BCUT2D eigenvalue weighted by molar-refractivity contribution is 0.111. The van der Waals surface area contributed by atoms with Crippen molar-refractivity contribution in [3.05, 3.63) is 27.1 Å². The molecule has 0 saturated heterocycles. The highest BCUT2D eigenvalue weighted by atomic mass is 127. The Morgan fingerprint density at radius 3 is 2.80 bits per heavy atom. The zero-order valence-electron chi connectivity index (χ0n) is 5.47. The Bertz CT molecular complexity index is 260. The highest BCUT2D eigenvalue weighted by Gasteiger charge is 1.97. The van der Waals surface area contributed by atoms with Crippen molar-refractivity contribution in [3.8, 4) is 0 Å². The molecule has 0 N–H and O–H groups in total. The highest BCUT2D eigenvalue weighted by Crippen LogP contribution is 2.07. The molecule has 0 unspecified atom stereocenters. The molecule has 52 valence electrons. The van der Waals surface area contributed by atoms with Gasteiger partial charge in [-0.3, -0.25) is 4.79 Å². The molecule has 1 aromatic heterocycles. The molecule has 0 saturated carbocycles. The number of aryl methyl sites for hydroxylation is 1. The number of rotatable bonds is 1. The monoisotopic (exact) mass is 247 g/mol. The predicted octanol–water partition coefficient (Wildman–Crippen LogP) is 1.81. The summed E-state index contributed by atoms with van der Waals surface area (Å²) in [4.78, 5) is 14.3. The molecule has 0 spiro atoms. The number of hydrogen-bond acceptors (Lipinski definition) is 2. The molecule has 0 amide bonds. The van der Waals surface area contributed by atoms with E-state index in [0.29, 0.717) is 5.69 Å². The fourth-order valence-corrected chi connectivity index (χ4v) is 1.07. The van der Waals surface area contributed by atoms with E-state index in [2.05, 4.69) is 27.6 Å². The molecule has 1 rings (SSSR count). The average molecular weight is 247 g/mol. The third-order valence-electron chi connectivity index (χ3n) is 1.12. The summed E-state index contributed by atoms with van der Waals surface area (Å²) in [5.74, 6) is 0. The van der Waals surface area contributed by atoms with Gasteiger partial charge < -0.3 is 0 Å². The van der Waals surface area contributed by atoms with Crippen LogP contribution in [0.4, 0.5) is 0 Å². The van der Waals surface area contributed by atoms with Gasteiger partial charge in [-0.25, -0.2) is 4.98 Å². The van der Waals surface area contributed by atoms with Crippen LogP contribution in [0.25, 0.3) is 0 Å². The van der Waals surface area contributed by atoms with E-state index in [1.165, 1.54) is 0 Å². The Labute approximate surface area is 72.8 Å². The molecule has 1 heterocycles. The standard InChI is InChI=1S/C7H6INO/c1-5-2-3-6(8)7(4-10)9-5/h2-4H,1H3. The lowest BCUT2D eigenvalue weighted by Crippen LogP contribution is -1.92. The Morgan fingerprint density at radius 2 is 2.30 bits per heavy atom. The number of carbonyl (C=O) groups is 1. The zero-order valence-corrected chi connectivity index (χ0v) is 7.62. The molecule has 0 aromatic carbocycles. The van der Waals surface area contributed by atoms with Gasteiger partial charge in [-0.1, -0.05) is 0 Å². The minimum absolute atomic E-state index is 0.528. The number of carbonyl (C=O) groups excluding carboxylic acids is 1. The van der Waals surface area contributed by atoms with Crippen LogP contribution in [-0.2, 0) is 0 Å². The molecule has 0 aliphatic carbocycles. The van der Waals surface area contributed by atoms with Crippen molar-refractivity contribution in [2.45, 2.75) is 6.92 Å². The minimum Gasteiger partial charge on any atom is -0.296 e. The maximum atomic E-state index is 10.3. The topological polar surface area (TPSA) is 30.0 Å². The zero-order chi connectivity index (χ0) is 7.56. The second-order valence-electron chi connectivity index (χ2n) is 1.94. The van der Waals surface area contributed by atoms with Gasteiger partial charge in [0.25, 0.3) is 0 Å². The van der Waals surface area contributed by atoms with Crippen molar-refractivity contribution in [2.24, 2.45) is 0 Å². The number of nitrogens with zero attached hydrogens (tertiary/aromatic N) is 1.